The molecule has 6 rings (SSSR count). The van der Waals surface area contributed by atoms with Crippen molar-refractivity contribution in [3.8, 4) is 11.5 Å². The van der Waals surface area contributed by atoms with Gasteiger partial charge in [-0.1, -0.05) is 54.1 Å². The van der Waals surface area contributed by atoms with Crippen LogP contribution in [0.15, 0.2) is 95.9 Å². The van der Waals surface area contributed by atoms with Gasteiger partial charge in [-0.25, -0.2) is 4.18 Å². The molecule has 4 aromatic carbocycles. The average molecular weight is 490 g/mol. The van der Waals surface area contributed by atoms with Gasteiger partial charge in [-0.3, -0.25) is 0 Å². The number of hydrogen-bond donors (Lipinski definition) is 0. The molecule has 0 aromatic heterocycles. The fraction of sp³-hybridized carbons (Fsp3) is 0.111. The van der Waals surface area contributed by atoms with E-state index in [1.807, 2.05) is 54.6 Å². The fourth-order valence-electron chi connectivity index (χ4n) is 4.92. The van der Waals surface area contributed by atoms with Crippen LogP contribution < -0.4 is 9.64 Å². The molecule has 1 unspecified atom stereocenters. The van der Waals surface area contributed by atoms with Crippen LogP contribution in [0.4, 0.5) is 11.4 Å². The summed E-state index contributed by atoms with van der Waals surface area (Å²) in [6.07, 6.45) is 0. The maximum atomic E-state index is 13.1. The molecule has 0 bridgehead atoms. The zero-order valence-electron chi connectivity index (χ0n) is 18.2. The first-order valence-electron chi connectivity index (χ1n) is 10.9. The molecule has 2 aliphatic heterocycles. The lowest BCUT2D eigenvalue weighted by molar-refractivity contribution is 0.164. The Morgan fingerprint density at radius 1 is 0.794 bits per heavy atom. The number of fused-ring (bicyclic) bond motifs is 6. The van der Waals surface area contributed by atoms with Crippen LogP contribution in [0.1, 0.15) is 23.6 Å². The van der Waals surface area contributed by atoms with Crippen molar-refractivity contribution >= 4 is 33.1 Å². The molecular weight excluding hydrogens is 470 g/mol. The second-order valence-electron chi connectivity index (χ2n) is 8.22. The quantitative estimate of drug-likeness (QED) is 0.303. The van der Waals surface area contributed by atoms with E-state index in [2.05, 4.69) is 11.8 Å². The normalized spacial score (nSPS) is 19.1. The molecule has 1 atom stereocenters. The van der Waals surface area contributed by atoms with Crippen molar-refractivity contribution in [1.82, 2.24) is 0 Å². The molecule has 0 fully saturated rings. The Balaban J connectivity index is 1.61. The van der Waals surface area contributed by atoms with Gasteiger partial charge in [-0.15, -0.1) is 0 Å². The third kappa shape index (κ3) is 2.99. The first-order chi connectivity index (χ1) is 16.4. The molecule has 5 nitrogen and oxygen atoms in total. The Bertz CT molecular complexity index is 1540. The van der Waals surface area contributed by atoms with Crippen molar-refractivity contribution in [2.24, 2.45) is 0 Å². The van der Waals surface area contributed by atoms with Gasteiger partial charge in [0.2, 0.25) is 0 Å². The SMILES string of the molecule is CCN(c1ccccc1)c1ccc2c(c1)Oc1cc(Cl)ccc1C21OS(=O)(=O)c2ccccc21. The summed E-state index contributed by atoms with van der Waals surface area (Å²) in [6, 6.07) is 27.9. The van der Waals surface area contributed by atoms with E-state index in [4.69, 9.17) is 20.5 Å². The van der Waals surface area contributed by atoms with Gasteiger partial charge in [0.1, 0.15) is 16.4 Å². The largest absolute Gasteiger partial charge is 0.456 e. The van der Waals surface area contributed by atoms with Crippen molar-refractivity contribution < 1.29 is 17.3 Å². The summed E-state index contributed by atoms with van der Waals surface area (Å²) >= 11 is 6.29. The minimum absolute atomic E-state index is 0.160. The molecule has 4 aromatic rings. The minimum atomic E-state index is -3.98. The van der Waals surface area contributed by atoms with Crippen LogP contribution in [0.5, 0.6) is 11.5 Å². The van der Waals surface area contributed by atoms with E-state index in [9.17, 15) is 8.42 Å². The van der Waals surface area contributed by atoms with Crippen molar-refractivity contribution in [2.45, 2.75) is 17.4 Å². The Hall–Kier alpha value is -3.32. The zero-order valence-corrected chi connectivity index (χ0v) is 19.8. The molecule has 0 saturated carbocycles. The monoisotopic (exact) mass is 489 g/mol. The molecule has 2 aliphatic rings. The number of hydrogen-bond acceptors (Lipinski definition) is 5. The summed E-state index contributed by atoms with van der Waals surface area (Å²) in [6.45, 7) is 2.82. The van der Waals surface area contributed by atoms with Gasteiger partial charge in [0.05, 0.1) is 0 Å². The highest BCUT2D eigenvalue weighted by molar-refractivity contribution is 7.87. The third-order valence-corrected chi connectivity index (χ3v) is 7.95. The summed E-state index contributed by atoms with van der Waals surface area (Å²) < 4.78 is 38.5. The number of halogens is 1. The molecule has 0 N–H and O–H groups in total. The highest BCUT2D eigenvalue weighted by Crippen LogP contribution is 2.58. The van der Waals surface area contributed by atoms with Crippen LogP contribution in [0.3, 0.4) is 0 Å². The smallest absolute Gasteiger partial charge is 0.298 e. The molecule has 0 aliphatic carbocycles. The Labute approximate surface area is 203 Å². The maximum Gasteiger partial charge on any atom is 0.298 e. The molecule has 170 valence electrons. The fourth-order valence-corrected chi connectivity index (χ4v) is 6.50. The second-order valence-corrected chi connectivity index (χ2v) is 10.2. The number of para-hydroxylation sites is 1. The number of nitrogens with zero attached hydrogens (tertiary/aromatic N) is 1. The Morgan fingerprint density at radius 3 is 2.24 bits per heavy atom. The van der Waals surface area contributed by atoms with Gasteiger partial charge in [-0.2, -0.15) is 8.42 Å². The number of anilines is 2. The average Bonchev–Trinajstić information content (AvgIpc) is 3.08. The van der Waals surface area contributed by atoms with Crippen molar-refractivity contribution in [3.63, 3.8) is 0 Å². The number of ether oxygens (including phenoxy) is 1. The van der Waals surface area contributed by atoms with E-state index in [1.54, 1.807) is 36.4 Å². The van der Waals surface area contributed by atoms with Crippen LogP contribution in [0.2, 0.25) is 5.02 Å². The minimum Gasteiger partial charge on any atom is -0.456 e. The predicted octanol–water partition coefficient (Wildman–Crippen LogP) is 6.61. The van der Waals surface area contributed by atoms with Gasteiger partial charge < -0.3 is 9.64 Å². The van der Waals surface area contributed by atoms with Crippen LogP contribution in [-0.2, 0) is 19.9 Å². The molecule has 0 radical (unpaired) electrons. The van der Waals surface area contributed by atoms with Gasteiger partial charge in [0, 0.05) is 45.7 Å². The number of rotatable bonds is 3. The second kappa shape index (κ2) is 7.60. The molecule has 0 amide bonds. The van der Waals surface area contributed by atoms with E-state index in [-0.39, 0.29) is 4.90 Å². The van der Waals surface area contributed by atoms with E-state index in [1.165, 1.54) is 0 Å². The van der Waals surface area contributed by atoms with Crippen molar-refractivity contribution in [1.29, 1.82) is 0 Å². The van der Waals surface area contributed by atoms with E-state index in [0.717, 1.165) is 17.9 Å². The highest BCUT2D eigenvalue weighted by Gasteiger charge is 2.55. The molecular formula is C27H20ClNO4S. The van der Waals surface area contributed by atoms with Gasteiger partial charge in [0.25, 0.3) is 10.1 Å². The summed E-state index contributed by atoms with van der Waals surface area (Å²) in [4.78, 5) is 2.32. The van der Waals surface area contributed by atoms with Crippen molar-refractivity contribution in [2.75, 3.05) is 11.4 Å². The standard InChI is InChI=1S/C27H20ClNO4S/c1-2-29(19-8-4-3-5-9-19)20-13-15-22-25(17-20)32-24-16-18(28)12-14-21(24)27(22)23-10-6-7-11-26(23)34(30,31)33-27/h3-17H,2H2,1H3. The lowest BCUT2D eigenvalue weighted by Crippen LogP contribution is -2.33. The molecule has 1 spiro atoms. The Kier molecular flexibility index (Phi) is 4.74. The third-order valence-electron chi connectivity index (χ3n) is 6.35. The lowest BCUT2D eigenvalue weighted by Gasteiger charge is -2.36. The number of benzene rings is 4. The molecule has 7 heteroatoms. The summed E-state index contributed by atoms with van der Waals surface area (Å²) in [5, 5.41) is 0.488. The first kappa shape index (κ1) is 21.2. The lowest BCUT2D eigenvalue weighted by atomic mass is 9.78. The molecule has 0 saturated heterocycles. The summed E-state index contributed by atoms with van der Waals surface area (Å²) in [7, 11) is -3.98. The van der Waals surface area contributed by atoms with E-state index in [0.29, 0.717) is 33.2 Å². The highest BCUT2D eigenvalue weighted by atomic mass is 35.5. The van der Waals surface area contributed by atoms with Crippen LogP contribution in [0.25, 0.3) is 0 Å². The Morgan fingerprint density at radius 2 is 1.47 bits per heavy atom. The van der Waals surface area contributed by atoms with Gasteiger partial charge in [-0.05, 0) is 49.4 Å². The van der Waals surface area contributed by atoms with E-state index < -0.39 is 15.7 Å². The van der Waals surface area contributed by atoms with Gasteiger partial charge >= 0.3 is 0 Å². The van der Waals surface area contributed by atoms with Crippen LogP contribution in [0, 0.1) is 0 Å². The van der Waals surface area contributed by atoms with Gasteiger partial charge in [0.15, 0.2) is 5.60 Å². The van der Waals surface area contributed by atoms with E-state index >= 15 is 0 Å². The topological polar surface area (TPSA) is 55.8 Å². The maximum absolute atomic E-state index is 13.1. The predicted molar refractivity (Wildman–Crippen MR) is 132 cm³/mol. The summed E-state index contributed by atoms with van der Waals surface area (Å²) in [5.74, 6) is 0.986. The van der Waals surface area contributed by atoms with Crippen LogP contribution in [-0.4, -0.2) is 15.0 Å². The zero-order chi connectivity index (χ0) is 23.5. The van der Waals surface area contributed by atoms with Crippen LogP contribution >= 0.6 is 11.6 Å². The van der Waals surface area contributed by atoms with Crippen molar-refractivity contribution in [3.05, 3.63) is 113 Å². The summed E-state index contributed by atoms with van der Waals surface area (Å²) in [5.41, 5.74) is 2.40. The molecule has 2 heterocycles. The molecule has 34 heavy (non-hydrogen) atoms. The first-order valence-corrected chi connectivity index (χ1v) is 12.7.